The Morgan fingerprint density at radius 2 is 1.74 bits per heavy atom. The molecule has 2 aromatic carbocycles. The van der Waals surface area contributed by atoms with Crippen LogP contribution >= 0.6 is 0 Å². The van der Waals surface area contributed by atoms with E-state index in [0.29, 0.717) is 18.6 Å². The highest BCUT2D eigenvalue weighted by atomic mass is 28.4. The lowest BCUT2D eigenvalue weighted by atomic mass is 10.0. The fourth-order valence-corrected chi connectivity index (χ4v) is 10.9. The van der Waals surface area contributed by atoms with Crippen molar-refractivity contribution in [3.8, 4) is 0 Å². The molecule has 4 unspecified atom stereocenters. The zero-order valence-corrected chi connectivity index (χ0v) is 20.2. The predicted molar refractivity (Wildman–Crippen MR) is 125 cm³/mol. The fourth-order valence-electron chi connectivity index (χ4n) is 5.86. The number of carbonyl (C=O) groups is 1. The Morgan fingerprint density at radius 1 is 1.06 bits per heavy atom. The van der Waals surface area contributed by atoms with Crippen molar-refractivity contribution in [3.63, 3.8) is 0 Å². The number of nitrogens with zero attached hydrogens (tertiary/aromatic N) is 1. The van der Waals surface area contributed by atoms with Crippen molar-refractivity contribution in [1.29, 1.82) is 0 Å². The summed E-state index contributed by atoms with van der Waals surface area (Å²) in [4.78, 5) is 15.0. The topological polar surface area (TPSA) is 38.8 Å². The maximum Gasteiger partial charge on any atom is 0.410 e. The van der Waals surface area contributed by atoms with Crippen molar-refractivity contribution in [2.45, 2.75) is 70.2 Å². The number of rotatable bonds is 4. The molecule has 31 heavy (non-hydrogen) atoms. The molecule has 1 saturated carbocycles. The first-order valence-corrected chi connectivity index (χ1v) is 13.4. The first-order chi connectivity index (χ1) is 14.6. The van der Waals surface area contributed by atoms with Crippen molar-refractivity contribution in [3.05, 3.63) is 60.2 Å². The van der Waals surface area contributed by atoms with Crippen molar-refractivity contribution in [2.24, 2.45) is 5.92 Å². The van der Waals surface area contributed by atoms with Gasteiger partial charge in [-0.2, -0.15) is 0 Å². The quantitative estimate of drug-likeness (QED) is 0.682. The smallest absolute Gasteiger partial charge is 0.410 e. The van der Waals surface area contributed by atoms with E-state index in [2.05, 4.69) is 68.4 Å². The van der Waals surface area contributed by atoms with E-state index in [9.17, 15) is 4.79 Å². The van der Waals surface area contributed by atoms with Crippen LogP contribution in [0.15, 0.2) is 54.6 Å². The van der Waals surface area contributed by atoms with Gasteiger partial charge in [-0.25, -0.2) is 4.79 Å². The summed E-state index contributed by atoms with van der Waals surface area (Å²) in [5, 5.41) is 2.66. The zero-order chi connectivity index (χ0) is 22.0. The van der Waals surface area contributed by atoms with E-state index in [1.54, 1.807) is 0 Å². The van der Waals surface area contributed by atoms with Gasteiger partial charge in [0.05, 0.1) is 12.6 Å². The van der Waals surface area contributed by atoms with Crippen molar-refractivity contribution in [2.75, 3.05) is 6.61 Å². The third-order valence-corrected chi connectivity index (χ3v) is 12.3. The van der Waals surface area contributed by atoms with Gasteiger partial charge in [0.1, 0.15) is 5.60 Å². The Bertz CT molecular complexity index is 999. The molecule has 0 radical (unpaired) electrons. The van der Waals surface area contributed by atoms with Crippen LogP contribution in [0, 0.1) is 5.92 Å². The normalized spacial score (nSPS) is 30.2. The molecule has 5 rings (SSSR count). The number of hydrogen-bond donors (Lipinski definition) is 0. The molecule has 4 nitrogen and oxygen atoms in total. The van der Waals surface area contributed by atoms with Crippen LogP contribution in [-0.4, -0.2) is 43.6 Å². The number of piperidine rings is 1. The molecule has 0 aromatic heterocycles. The van der Waals surface area contributed by atoms with Gasteiger partial charge < -0.3 is 9.16 Å². The highest BCUT2D eigenvalue weighted by Crippen LogP contribution is 2.49. The van der Waals surface area contributed by atoms with Gasteiger partial charge in [-0.05, 0) is 55.5 Å². The van der Waals surface area contributed by atoms with Crippen LogP contribution in [0.25, 0.3) is 0 Å². The summed E-state index contributed by atoms with van der Waals surface area (Å²) in [6.45, 7) is 11.0. The summed E-state index contributed by atoms with van der Waals surface area (Å²) in [5.41, 5.74) is 0.911. The Labute approximate surface area is 186 Å². The van der Waals surface area contributed by atoms with Gasteiger partial charge in [0.25, 0.3) is 8.32 Å². The Hall–Kier alpha value is -2.11. The lowest BCUT2D eigenvalue weighted by molar-refractivity contribution is 0.0134. The molecule has 4 atom stereocenters. The standard InChI is InChI=1S/C26H33NO3Si/c1-25(2,3)30-24(28)27-19(15-18-16-22(18)27)17-29-31(20-11-7-6-8-12-20)23-14-10-9-13-21(23)26(31,4)5/h6-14,18-19,22H,15-17H2,1-5H3. The molecular formula is C26H33NO3Si. The van der Waals surface area contributed by atoms with Gasteiger partial charge in [-0.15, -0.1) is 0 Å². The van der Waals surface area contributed by atoms with Gasteiger partial charge in [-0.3, -0.25) is 4.90 Å². The molecule has 0 spiro atoms. The first-order valence-electron chi connectivity index (χ1n) is 11.5. The third kappa shape index (κ3) is 3.16. The number of likely N-dealkylation sites (tertiary alicyclic amines) is 1. The van der Waals surface area contributed by atoms with E-state index >= 15 is 0 Å². The molecule has 0 bridgehead atoms. The molecule has 164 valence electrons. The molecule has 1 saturated heterocycles. The Kier molecular flexibility index (Phi) is 4.65. The maximum absolute atomic E-state index is 13.0. The third-order valence-electron chi connectivity index (χ3n) is 7.35. The number of benzene rings is 2. The van der Waals surface area contributed by atoms with Crippen LogP contribution in [0.3, 0.4) is 0 Å². The van der Waals surface area contributed by atoms with Crippen LogP contribution in [0.1, 0.15) is 53.0 Å². The highest BCUT2D eigenvalue weighted by Gasteiger charge is 2.64. The minimum atomic E-state index is -2.43. The van der Waals surface area contributed by atoms with Crippen molar-refractivity contribution >= 4 is 24.8 Å². The Morgan fingerprint density at radius 3 is 2.45 bits per heavy atom. The second-order valence-electron chi connectivity index (χ2n) is 10.9. The van der Waals surface area contributed by atoms with Crippen molar-refractivity contribution < 1.29 is 14.0 Å². The number of carbonyl (C=O) groups excluding carboxylic acids is 1. The summed E-state index contributed by atoms with van der Waals surface area (Å²) < 4.78 is 12.8. The van der Waals surface area contributed by atoms with E-state index in [1.807, 2.05) is 25.7 Å². The molecule has 3 aliphatic rings. The lowest BCUT2D eigenvalue weighted by Gasteiger charge is -2.55. The second kappa shape index (κ2) is 6.94. The summed E-state index contributed by atoms with van der Waals surface area (Å²) in [7, 11) is -2.43. The van der Waals surface area contributed by atoms with E-state index in [1.165, 1.54) is 15.9 Å². The van der Waals surface area contributed by atoms with Crippen LogP contribution < -0.4 is 10.4 Å². The molecule has 1 amide bonds. The molecule has 2 fully saturated rings. The summed E-state index contributed by atoms with van der Waals surface area (Å²) >= 11 is 0. The molecule has 0 N–H and O–H groups in total. The van der Waals surface area contributed by atoms with Crippen molar-refractivity contribution in [1.82, 2.24) is 4.90 Å². The molecule has 2 aliphatic heterocycles. The van der Waals surface area contributed by atoms with Gasteiger partial charge in [0.2, 0.25) is 0 Å². The highest BCUT2D eigenvalue weighted by molar-refractivity contribution is 7.03. The summed E-state index contributed by atoms with van der Waals surface area (Å²) in [5.74, 6) is 0.608. The number of hydrogen-bond acceptors (Lipinski definition) is 3. The minimum absolute atomic E-state index is 0.0246. The van der Waals surface area contributed by atoms with Crippen LogP contribution in [0.2, 0.25) is 0 Å². The van der Waals surface area contributed by atoms with Crippen LogP contribution in [-0.2, 0) is 14.2 Å². The fraction of sp³-hybridized carbons (Fsp3) is 0.500. The lowest BCUT2D eigenvalue weighted by Crippen LogP contribution is -2.81. The summed E-state index contributed by atoms with van der Waals surface area (Å²) in [6, 6.07) is 19.9. The van der Waals surface area contributed by atoms with Crippen LogP contribution in [0.5, 0.6) is 0 Å². The van der Waals surface area contributed by atoms with Gasteiger partial charge in [0, 0.05) is 11.1 Å². The van der Waals surface area contributed by atoms with Gasteiger partial charge in [0.15, 0.2) is 0 Å². The first kappa shape index (κ1) is 20.8. The zero-order valence-electron chi connectivity index (χ0n) is 19.2. The number of ether oxygens (including phenoxy) is 1. The Balaban J connectivity index is 1.44. The number of amides is 1. The second-order valence-corrected chi connectivity index (χ2v) is 14.9. The molecule has 2 heterocycles. The average Bonchev–Trinajstić information content (AvgIpc) is 3.37. The molecular weight excluding hydrogens is 402 g/mol. The van der Waals surface area contributed by atoms with E-state index in [0.717, 1.165) is 12.8 Å². The van der Waals surface area contributed by atoms with E-state index < -0.39 is 13.9 Å². The predicted octanol–water partition coefficient (Wildman–Crippen LogP) is 3.99. The SMILES string of the molecule is CC(C)(C)OC(=O)N1C(CO[Si]2(c3ccccc3)c3ccccc3C2(C)C)CC2CC21. The molecule has 5 heteroatoms. The largest absolute Gasteiger partial charge is 0.444 e. The molecule has 2 aromatic rings. The average molecular weight is 436 g/mol. The van der Waals surface area contributed by atoms with Gasteiger partial charge >= 0.3 is 6.09 Å². The summed E-state index contributed by atoms with van der Waals surface area (Å²) in [6.07, 6.45) is 1.94. The minimum Gasteiger partial charge on any atom is -0.444 e. The van der Waals surface area contributed by atoms with E-state index in [4.69, 9.17) is 9.16 Å². The maximum atomic E-state index is 13.0. The monoisotopic (exact) mass is 435 g/mol. The van der Waals surface area contributed by atoms with Gasteiger partial charge in [-0.1, -0.05) is 68.4 Å². The number of fused-ring (bicyclic) bond motifs is 2. The molecule has 1 aliphatic carbocycles. The van der Waals surface area contributed by atoms with Crippen LogP contribution in [0.4, 0.5) is 4.79 Å². The van der Waals surface area contributed by atoms with E-state index in [-0.39, 0.29) is 17.2 Å².